The van der Waals surface area contributed by atoms with Gasteiger partial charge in [0.1, 0.15) is 11.1 Å². The van der Waals surface area contributed by atoms with Crippen LogP contribution in [0, 0.1) is 0 Å². The molecule has 1 rings (SSSR count). The lowest BCUT2D eigenvalue weighted by molar-refractivity contribution is 0.601. The Morgan fingerprint density at radius 3 is 2.63 bits per heavy atom. The summed E-state index contributed by atoms with van der Waals surface area (Å²) in [4.78, 5) is -0.119. The van der Waals surface area contributed by atoms with Gasteiger partial charge in [-0.15, -0.1) is 0 Å². The summed E-state index contributed by atoms with van der Waals surface area (Å²) in [5, 5.41) is -1.01. The molecule has 0 aliphatic heterocycles. The lowest BCUT2D eigenvalue weighted by atomic mass is 10.4. The van der Waals surface area contributed by atoms with Gasteiger partial charge in [-0.25, -0.2) is 17.2 Å². The fourth-order valence-corrected chi connectivity index (χ4v) is 2.79. The van der Waals surface area contributed by atoms with Gasteiger partial charge in [0.15, 0.2) is 9.84 Å². The molecule has 0 aromatic heterocycles. The molecular formula is C14H14F2O2S. The van der Waals surface area contributed by atoms with Crippen LogP contribution in [0.25, 0.3) is 0 Å². The highest BCUT2D eigenvalue weighted by Crippen LogP contribution is 2.20. The normalized spacial score (nSPS) is 21.0. The van der Waals surface area contributed by atoms with Crippen molar-refractivity contribution in [3.05, 3.63) is 71.7 Å². The Kier molecular flexibility index (Phi) is 5.18. The Labute approximate surface area is 111 Å². The van der Waals surface area contributed by atoms with Gasteiger partial charge >= 0.3 is 0 Å². The molecule has 1 unspecified atom stereocenters. The first-order chi connectivity index (χ1) is 8.87. The molecule has 0 bridgehead atoms. The maximum Gasteiger partial charge on any atom is 0.188 e. The molecule has 0 aromatic carbocycles. The standard InChI is InChI=1S/C14H14F2O2S/c1-3-13(9-7-11(2)15)19(17,18)14-6-4-5-12(16)8-10-14/h3-10,14H,1H2,2H3/b11-7+,13-9+. The Hall–Kier alpha value is -1.75. The number of sulfone groups is 1. The second-order valence-electron chi connectivity index (χ2n) is 3.83. The SMILES string of the molecule is C=C/C(=C\C=C(/C)F)S(=O)(=O)C1C=CC=C(F)C=C1. The van der Waals surface area contributed by atoms with Gasteiger partial charge in [0.05, 0.1) is 10.7 Å². The number of hydrogen-bond acceptors (Lipinski definition) is 2. The van der Waals surface area contributed by atoms with E-state index in [1.165, 1.54) is 25.2 Å². The Balaban J connectivity index is 3.17. The third-order valence-corrected chi connectivity index (χ3v) is 4.36. The number of hydrogen-bond donors (Lipinski definition) is 0. The van der Waals surface area contributed by atoms with E-state index in [0.717, 1.165) is 30.4 Å². The van der Waals surface area contributed by atoms with E-state index < -0.39 is 26.7 Å². The fourth-order valence-electron chi connectivity index (χ4n) is 1.40. The molecule has 0 radical (unpaired) electrons. The Morgan fingerprint density at radius 1 is 1.37 bits per heavy atom. The van der Waals surface area contributed by atoms with E-state index in [2.05, 4.69) is 6.58 Å². The van der Waals surface area contributed by atoms with Crippen molar-refractivity contribution in [2.24, 2.45) is 0 Å². The van der Waals surface area contributed by atoms with E-state index in [1.54, 1.807) is 0 Å². The molecule has 19 heavy (non-hydrogen) atoms. The minimum atomic E-state index is -3.76. The van der Waals surface area contributed by atoms with Crippen molar-refractivity contribution < 1.29 is 17.2 Å². The van der Waals surface area contributed by atoms with Crippen molar-refractivity contribution in [1.29, 1.82) is 0 Å². The molecule has 5 heteroatoms. The van der Waals surface area contributed by atoms with Crippen molar-refractivity contribution in [3.8, 4) is 0 Å². The van der Waals surface area contributed by atoms with Gasteiger partial charge in [-0.1, -0.05) is 30.9 Å². The van der Waals surface area contributed by atoms with Crippen LogP contribution in [0.2, 0.25) is 0 Å². The van der Waals surface area contributed by atoms with E-state index in [0.29, 0.717) is 0 Å². The lowest BCUT2D eigenvalue weighted by Gasteiger charge is -2.09. The zero-order valence-electron chi connectivity index (χ0n) is 10.4. The summed E-state index contributed by atoms with van der Waals surface area (Å²) < 4.78 is 50.1. The van der Waals surface area contributed by atoms with Crippen LogP contribution >= 0.6 is 0 Å². The summed E-state index contributed by atoms with van der Waals surface area (Å²) >= 11 is 0. The zero-order chi connectivity index (χ0) is 14.5. The largest absolute Gasteiger partial charge is 0.223 e. The van der Waals surface area contributed by atoms with Gasteiger partial charge in [-0.2, -0.15) is 0 Å². The second-order valence-corrected chi connectivity index (χ2v) is 5.94. The molecule has 0 fully saturated rings. The highest BCUT2D eigenvalue weighted by atomic mass is 32.2. The van der Waals surface area contributed by atoms with Crippen molar-refractivity contribution in [2.75, 3.05) is 0 Å². The molecule has 0 saturated carbocycles. The molecule has 0 heterocycles. The first kappa shape index (κ1) is 15.3. The van der Waals surface area contributed by atoms with Gasteiger partial charge in [-0.3, -0.25) is 0 Å². The van der Waals surface area contributed by atoms with Crippen molar-refractivity contribution in [2.45, 2.75) is 12.2 Å². The average molecular weight is 284 g/mol. The summed E-state index contributed by atoms with van der Waals surface area (Å²) in [6.07, 6.45) is 9.45. The summed E-state index contributed by atoms with van der Waals surface area (Å²) in [5.74, 6) is -1.05. The van der Waals surface area contributed by atoms with Crippen LogP contribution in [0.5, 0.6) is 0 Å². The maximum atomic E-state index is 13.0. The maximum absolute atomic E-state index is 13.0. The molecule has 102 valence electrons. The highest BCUT2D eigenvalue weighted by molar-refractivity contribution is 7.96. The van der Waals surface area contributed by atoms with Gasteiger partial charge in [0.2, 0.25) is 0 Å². The molecule has 0 spiro atoms. The third kappa shape index (κ3) is 4.13. The van der Waals surface area contributed by atoms with E-state index in [-0.39, 0.29) is 4.91 Å². The summed E-state index contributed by atoms with van der Waals surface area (Å²) in [6.45, 7) is 4.61. The van der Waals surface area contributed by atoms with Crippen LogP contribution < -0.4 is 0 Å². The minimum absolute atomic E-state index is 0.119. The summed E-state index contributed by atoms with van der Waals surface area (Å²) in [7, 11) is -3.76. The predicted molar refractivity (Wildman–Crippen MR) is 73.3 cm³/mol. The lowest BCUT2D eigenvalue weighted by Crippen LogP contribution is -2.17. The van der Waals surface area contributed by atoms with Crippen LogP contribution in [0.4, 0.5) is 8.78 Å². The first-order valence-corrected chi connectivity index (χ1v) is 7.05. The molecule has 1 aliphatic carbocycles. The van der Waals surface area contributed by atoms with E-state index >= 15 is 0 Å². The minimum Gasteiger partial charge on any atom is -0.223 e. The predicted octanol–water partition coefficient (Wildman–Crippen LogP) is 3.69. The molecule has 2 nitrogen and oxygen atoms in total. The smallest absolute Gasteiger partial charge is 0.188 e. The second kappa shape index (κ2) is 6.43. The molecule has 0 aromatic rings. The van der Waals surface area contributed by atoms with E-state index in [9.17, 15) is 17.2 Å². The monoisotopic (exact) mass is 284 g/mol. The van der Waals surface area contributed by atoms with Gasteiger partial charge in [-0.05, 0) is 31.2 Å². The molecule has 1 aliphatic rings. The number of rotatable bonds is 4. The molecule has 0 amide bonds. The van der Waals surface area contributed by atoms with Crippen LogP contribution in [0.1, 0.15) is 6.92 Å². The van der Waals surface area contributed by atoms with Crippen molar-refractivity contribution >= 4 is 9.84 Å². The van der Waals surface area contributed by atoms with Crippen molar-refractivity contribution in [1.82, 2.24) is 0 Å². The fraction of sp³-hybridized carbons (Fsp3) is 0.143. The Bertz CT molecular complexity index is 601. The Morgan fingerprint density at radius 2 is 2.05 bits per heavy atom. The molecular weight excluding hydrogens is 270 g/mol. The quantitative estimate of drug-likeness (QED) is 0.738. The molecule has 0 N–H and O–H groups in total. The van der Waals surface area contributed by atoms with Gasteiger partial charge in [0, 0.05) is 0 Å². The van der Waals surface area contributed by atoms with Crippen molar-refractivity contribution in [3.63, 3.8) is 0 Å². The van der Waals surface area contributed by atoms with Crippen LogP contribution in [0.15, 0.2) is 71.7 Å². The van der Waals surface area contributed by atoms with Crippen LogP contribution in [0.3, 0.4) is 0 Å². The van der Waals surface area contributed by atoms with Crippen LogP contribution in [-0.4, -0.2) is 13.7 Å². The third-order valence-electron chi connectivity index (χ3n) is 2.37. The summed E-state index contributed by atoms with van der Waals surface area (Å²) in [5.41, 5.74) is 0. The number of allylic oxidation sites excluding steroid dienone is 8. The summed E-state index contributed by atoms with van der Waals surface area (Å²) in [6, 6.07) is 0. The van der Waals surface area contributed by atoms with E-state index in [1.807, 2.05) is 0 Å². The first-order valence-electron chi connectivity index (χ1n) is 5.50. The zero-order valence-corrected chi connectivity index (χ0v) is 11.2. The van der Waals surface area contributed by atoms with Gasteiger partial charge in [0.25, 0.3) is 0 Å². The molecule has 0 saturated heterocycles. The topological polar surface area (TPSA) is 34.1 Å². The van der Waals surface area contributed by atoms with E-state index in [4.69, 9.17) is 0 Å². The molecule has 1 atom stereocenters. The highest BCUT2D eigenvalue weighted by Gasteiger charge is 2.24. The number of halogens is 2. The average Bonchev–Trinajstić information content (AvgIpc) is 2.54. The van der Waals surface area contributed by atoms with Gasteiger partial charge < -0.3 is 0 Å². The van der Waals surface area contributed by atoms with Crippen LogP contribution in [-0.2, 0) is 9.84 Å².